The number of sulfonamides is 1. The highest BCUT2D eigenvalue weighted by Crippen LogP contribution is 2.16. The predicted octanol–water partition coefficient (Wildman–Crippen LogP) is 2.66. The van der Waals surface area contributed by atoms with Crippen LogP contribution in [0.3, 0.4) is 0 Å². The monoisotopic (exact) mass is 475 g/mol. The minimum Gasteiger partial charge on any atom is -0.271 e. The molecular formula is C22H25N3O5S2. The number of benzene rings is 2. The Kier molecular flexibility index (Phi) is 6.97. The maximum absolute atomic E-state index is 13.2. The molecule has 1 unspecified atom stereocenters. The molecule has 1 N–H and O–H groups in total. The predicted molar refractivity (Wildman–Crippen MR) is 121 cm³/mol. The van der Waals surface area contributed by atoms with Gasteiger partial charge in [0.25, 0.3) is 5.91 Å². The standard InChI is InChI=1S/C22H25N3O5S2/c1-16-9-11-20(12-10-16)32(29,30)24-21(22(26)25-18(3)15-17(2)23-25)13-14-31(27,28)19-7-5-4-6-8-19/h4-12,15,21,24H,13-14H2,1-3H3. The fourth-order valence-corrected chi connectivity index (χ4v) is 5.80. The summed E-state index contributed by atoms with van der Waals surface area (Å²) >= 11 is 0. The number of nitrogens with one attached hydrogen (secondary N) is 1. The Balaban J connectivity index is 1.91. The molecule has 0 aliphatic carbocycles. The summed E-state index contributed by atoms with van der Waals surface area (Å²) in [6.45, 7) is 5.21. The van der Waals surface area contributed by atoms with E-state index in [-0.39, 0.29) is 16.2 Å². The van der Waals surface area contributed by atoms with E-state index in [1.54, 1.807) is 50.2 Å². The van der Waals surface area contributed by atoms with Gasteiger partial charge in [-0.25, -0.2) is 21.5 Å². The Labute approximate surface area is 188 Å². The second-order valence-corrected chi connectivity index (χ2v) is 11.4. The van der Waals surface area contributed by atoms with Gasteiger partial charge in [0.15, 0.2) is 9.84 Å². The fraction of sp³-hybridized carbons (Fsp3) is 0.273. The summed E-state index contributed by atoms with van der Waals surface area (Å²) in [6.07, 6.45) is -0.250. The molecule has 2 aromatic carbocycles. The van der Waals surface area contributed by atoms with Crippen LogP contribution in [0.5, 0.6) is 0 Å². The van der Waals surface area contributed by atoms with E-state index in [1.807, 2.05) is 6.92 Å². The summed E-state index contributed by atoms with van der Waals surface area (Å²) in [4.78, 5) is 13.3. The summed E-state index contributed by atoms with van der Waals surface area (Å²) in [5.41, 5.74) is 2.00. The molecule has 3 aromatic rings. The summed E-state index contributed by atoms with van der Waals surface area (Å²) in [6, 6.07) is 14.3. The maximum Gasteiger partial charge on any atom is 0.265 e. The van der Waals surface area contributed by atoms with Crippen LogP contribution in [0.2, 0.25) is 0 Å². The van der Waals surface area contributed by atoms with Gasteiger partial charge in [-0.2, -0.15) is 9.82 Å². The molecule has 32 heavy (non-hydrogen) atoms. The highest BCUT2D eigenvalue weighted by atomic mass is 32.2. The molecule has 0 fully saturated rings. The van der Waals surface area contributed by atoms with Crippen LogP contribution in [-0.4, -0.2) is 44.3 Å². The van der Waals surface area contributed by atoms with Gasteiger partial charge in [0, 0.05) is 5.69 Å². The van der Waals surface area contributed by atoms with Gasteiger partial charge in [0.2, 0.25) is 10.0 Å². The second-order valence-electron chi connectivity index (χ2n) is 7.58. The molecule has 0 saturated heterocycles. The van der Waals surface area contributed by atoms with Crippen molar-refractivity contribution in [3.05, 3.63) is 77.6 Å². The number of nitrogens with zero attached hydrogens (tertiary/aromatic N) is 2. The average Bonchev–Trinajstić information content (AvgIpc) is 3.09. The van der Waals surface area contributed by atoms with Crippen LogP contribution in [0.4, 0.5) is 0 Å². The normalized spacial score (nSPS) is 13.1. The quantitative estimate of drug-likeness (QED) is 0.536. The zero-order valence-electron chi connectivity index (χ0n) is 18.0. The van der Waals surface area contributed by atoms with Crippen LogP contribution in [0.25, 0.3) is 0 Å². The zero-order chi connectivity index (χ0) is 23.5. The van der Waals surface area contributed by atoms with E-state index in [0.717, 1.165) is 10.2 Å². The first-order valence-corrected chi connectivity index (χ1v) is 13.1. The average molecular weight is 476 g/mol. The van der Waals surface area contributed by atoms with E-state index in [1.165, 1.54) is 24.3 Å². The molecule has 170 valence electrons. The minimum absolute atomic E-state index is 0.0137. The molecule has 8 nitrogen and oxygen atoms in total. The van der Waals surface area contributed by atoms with Crippen molar-refractivity contribution in [1.82, 2.24) is 14.5 Å². The van der Waals surface area contributed by atoms with Gasteiger partial charge in [-0.1, -0.05) is 35.9 Å². The third-order valence-electron chi connectivity index (χ3n) is 4.92. The lowest BCUT2D eigenvalue weighted by Crippen LogP contribution is -2.44. The number of hydrogen-bond acceptors (Lipinski definition) is 6. The van der Waals surface area contributed by atoms with Crippen LogP contribution in [0.15, 0.2) is 70.5 Å². The molecule has 0 aliphatic rings. The Hall–Kier alpha value is -2.82. The van der Waals surface area contributed by atoms with Crippen LogP contribution in [0.1, 0.15) is 28.2 Å². The van der Waals surface area contributed by atoms with Gasteiger partial charge in [0.1, 0.15) is 6.04 Å². The SMILES string of the molecule is Cc1ccc(S(=O)(=O)NC(CCS(=O)(=O)c2ccccc2)C(=O)n2nc(C)cc2C)cc1. The van der Waals surface area contributed by atoms with Crippen molar-refractivity contribution in [2.45, 2.75) is 43.0 Å². The highest BCUT2D eigenvalue weighted by molar-refractivity contribution is 7.91. The third kappa shape index (κ3) is 5.50. The molecule has 0 radical (unpaired) electrons. The lowest BCUT2D eigenvalue weighted by Gasteiger charge is -2.18. The van der Waals surface area contributed by atoms with E-state index in [0.29, 0.717) is 11.4 Å². The highest BCUT2D eigenvalue weighted by Gasteiger charge is 2.30. The summed E-state index contributed by atoms with van der Waals surface area (Å²) in [5, 5.41) is 4.13. The number of carbonyl (C=O) groups is 1. The molecule has 1 aromatic heterocycles. The van der Waals surface area contributed by atoms with Gasteiger partial charge in [-0.15, -0.1) is 0 Å². The van der Waals surface area contributed by atoms with E-state index < -0.39 is 37.6 Å². The Morgan fingerprint density at radius 3 is 2.12 bits per heavy atom. The largest absolute Gasteiger partial charge is 0.271 e. The Bertz CT molecular complexity index is 1310. The van der Waals surface area contributed by atoms with Gasteiger partial charge >= 0.3 is 0 Å². The van der Waals surface area contributed by atoms with E-state index in [4.69, 9.17) is 0 Å². The fourth-order valence-electron chi connectivity index (χ4n) is 3.22. The number of carbonyl (C=O) groups excluding carboxylic acids is 1. The van der Waals surface area contributed by atoms with Crippen molar-refractivity contribution >= 4 is 25.8 Å². The van der Waals surface area contributed by atoms with Crippen molar-refractivity contribution in [1.29, 1.82) is 0 Å². The third-order valence-corrected chi connectivity index (χ3v) is 8.17. The molecule has 3 rings (SSSR count). The van der Waals surface area contributed by atoms with Gasteiger partial charge < -0.3 is 0 Å². The Morgan fingerprint density at radius 2 is 1.56 bits per heavy atom. The number of aryl methyl sites for hydroxylation is 3. The van der Waals surface area contributed by atoms with Gasteiger partial charge in [-0.05, 0) is 57.5 Å². The van der Waals surface area contributed by atoms with Crippen molar-refractivity contribution in [3.8, 4) is 0 Å². The minimum atomic E-state index is -4.07. The van der Waals surface area contributed by atoms with Crippen LogP contribution in [0, 0.1) is 20.8 Å². The summed E-state index contributed by atoms with van der Waals surface area (Å²) in [5.74, 6) is -1.06. The molecule has 1 heterocycles. The maximum atomic E-state index is 13.2. The first-order valence-electron chi connectivity index (χ1n) is 9.94. The first-order chi connectivity index (χ1) is 15.0. The van der Waals surface area contributed by atoms with E-state index >= 15 is 0 Å². The van der Waals surface area contributed by atoms with Crippen molar-refractivity contribution in [3.63, 3.8) is 0 Å². The molecule has 0 bridgehead atoms. The number of rotatable bonds is 8. The van der Waals surface area contributed by atoms with Crippen molar-refractivity contribution in [2.75, 3.05) is 5.75 Å². The van der Waals surface area contributed by atoms with E-state index in [9.17, 15) is 21.6 Å². The number of aromatic nitrogens is 2. The molecule has 1 atom stereocenters. The smallest absolute Gasteiger partial charge is 0.265 e. The number of sulfone groups is 1. The van der Waals surface area contributed by atoms with Gasteiger partial charge in [0.05, 0.1) is 21.2 Å². The lowest BCUT2D eigenvalue weighted by molar-refractivity contribution is 0.0850. The van der Waals surface area contributed by atoms with Crippen LogP contribution < -0.4 is 4.72 Å². The Morgan fingerprint density at radius 1 is 0.938 bits per heavy atom. The van der Waals surface area contributed by atoms with Gasteiger partial charge in [-0.3, -0.25) is 4.79 Å². The topological polar surface area (TPSA) is 115 Å². The molecule has 0 aliphatic heterocycles. The first kappa shape index (κ1) is 23.8. The summed E-state index contributed by atoms with van der Waals surface area (Å²) < 4.78 is 54.8. The molecular weight excluding hydrogens is 450 g/mol. The second kappa shape index (κ2) is 9.35. The van der Waals surface area contributed by atoms with E-state index in [2.05, 4.69) is 9.82 Å². The lowest BCUT2D eigenvalue weighted by atomic mass is 10.2. The van der Waals surface area contributed by atoms with Crippen LogP contribution in [-0.2, 0) is 19.9 Å². The van der Waals surface area contributed by atoms with Crippen molar-refractivity contribution < 1.29 is 21.6 Å². The molecule has 10 heteroatoms. The zero-order valence-corrected chi connectivity index (χ0v) is 19.7. The molecule has 0 saturated carbocycles. The molecule has 0 amide bonds. The molecule has 0 spiro atoms. The van der Waals surface area contributed by atoms with Crippen molar-refractivity contribution in [2.24, 2.45) is 0 Å². The number of hydrogen-bond donors (Lipinski definition) is 1. The van der Waals surface area contributed by atoms with Crippen LogP contribution >= 0.6 is 0 Å². The summed E-state index contributed by atoms with van der Waals surface area (Å²) in [7, 11) is -7.79.